The van der Waals surface area contributed by atoms with E-state index in [4.69, 9.17) is 15.0 Å². The second-order valence-electron chi connectivity index (χ2n) is 5.58. The highest BCUT2D eigenvalue weighted by Gasteiger charge is 2.37. The van der Waals surface area contributed by atoms with Crippen LogP contribution < -0.4 is 5.32 Å². The highest BCUT2D eigenvalue weighted by molar-refractivity contribution is 5.76. The first-order valence-corrected chi connectivity index (χ1v) is 7.69. The quantitative estimate of drug-likeness (QED) is 0.583. The Kier molecular flexibility index (Phi) is 10.2. The Hall–Kier alpha value is -1.63. The van der Waals surface area contributed by atoms with E-state index in [0.717, 1.165) is 19.4 Å². The van der Waals surface area contributed by atoms with Crippen molar-refractivity contribution in [1.82, 2.24) is 10.2 Å². The van der Waals surface area contributed by atoms with Crippen molar-refractivity contribution in [3.8, 4) is 0 Å². The largest absolute Gasteiger partial charge is 0.483 e. The molecule has 1 rings (SSSR count). The SMILES string of the molecule is CCN(C)C1(CNC(=O)CCCC(=O)O)CCCC1.O=CO. The molecule has 22 heavy (non-hydrogen) atoms. The van der Waals surface area contributed by atoms with Crippen molar-refractivity contribution in [1.29, 1.82) is 0 Å². The Labute approximate surface area is 131 Å². The van der Waals surface area contributed by atoms with Gasteiger partial charge in [0.2, 0.25) is 5.91 Å². The third-order valence-electron chi connectivity index (χ3n) is 4.23. The van der Waals surface area contributed by atoms with Gasteiger partial charge in [0.05, 0.1) is 0 Å². The number of carboxylic acids is 1. The minimum atomic E-state index is -0.842. The number of carboxylic acid groups (broad SMARTS) is 2. The first-order valence-electron chi connectivity index (χ1n) is 7.69. The lowest BCUT2D eigenvalue weighted by Crippen LogP contribution is -2.52. The van der Waals surface area contributed by atoms with E-state index in [1.165, 1.54) is 12.8 Å². The molecule has 3 N–H and O–H groups in total. The van der Waals surface area contributed by atoms with E-state index in [9.17, 15) is 9.59 Å². The van der Waals surface area contributed by atoms with Gasteiger partial charge in [-0.2, -0.15) is 0 Å². The summed E-state index contributed by atoms with van der Waals surface area (Å²) in [5.74, 6) is -0.872. The lowest BCUT2D eigenvalue weighted by atomic mass is 9.95. The van der Waals surface area contributed by atoms with Gasteiger partial charge in [0.1, 0.15) is 0 Å². The molecule has 0 unspecified atom stereocenters. The molecular weight excluding hydrogens is 288 g/mol. The van der Waals surface area contributed by atoms with Gasteiger partial charge in [-0.15, -0.1) is 0 Å². The van der Waals surface area contributed by atoms with Crippen molar-refractivity contribution in [2.45, 2.75) is 57.4 Å². The molecule has 1 aliphatic rings. The van der Waals surface area contributed by atoms with Crippen LogP contribution in [0.2, 0.25) is 0 Å². The van der Waals surface area contributed by atoms with Gasteiger partial charge in [0.15, 0.2) is 0 Å². The fourth-order valence-corrected chi connectivity index (χ4v) is 2.81. The van der Waals surface area contributed by atoms with Gasteiger partial charge in [-0.05, 0) is 32.9 Å². The third-order valence-corrected chi connectivity index (χ3v) is 4.23. The minimum Gasteiger partial charge on any atom is -0.483 e. The van der Waals surface area contributed by atoms with Crippen LogP contribution in [0.15, 0.2) is 0 Å². The Morgan fingerprint density at radius 3 is 2.27 bits per heavy atom. The average Bonchev–Trinajstić information content (AvgIpc) is 2.95. The summed E-state index contributed by atoms with van der Waals surface area (Å²) in [6.07, 6.45) is 5.49. The molecule has 1 fully saturated rings. The lowest BCUT2D eigenvalue weighted by Gasteiger charge is -2.38. The molecule has 0 radical (unpaired) electrons. The van der Waals surface area contributed by atoms with E-state index in [1.807, 2.05) is 0 Å². The monoisotopic (exact) mass is 316 g/mol. The molecule has 7 heteroatoms. The number of aliphatic carboxylic acids is 1. The molecular formula is C15H28N2O5. The first kappa shape index (κ1) is 20.4. The molecule has 1 aliphatic carbocycles. The van der Waals surface area contributed by atoms with Crippen LogP contribution in [-0.2, 0) is 14.4 Å². The zero-order valence-electron chi connectivity index (χ0n) is 13.5. The highest BCUT2D eigenvalue weighted by atomic mass is 16.4. The van der Waals surface area contributed by atoms with Crippen LogP contribution in [-0.4, -0.2) is 59.1 Å². The molecule has 0 spiro atoms. The number of likely N-dealkylation sites (N-methyl/N-ethyl adjacent to an activating group) is 1. The maximum Gasteiger partial charge on any atom is 0.303 e. The summed E-state index contributed by atoms with van der Waals surface area (Å²) in [5, 5.41) is 18.4. The van der Waals surface area contributed by atoms with E-state index in [2.05, 4.69) is 24.2 Å². The molecule has 0 aromatic heterocycles. The molecule has 0 bridgehead atoms. The van der Waals surface area contributed by atoms with E-state index >= 15 is 0 Å². The van der Waals surface area contributed by atoms with Crippen molar-refractivity contribution in [2.24, 2.45) is 0 Å². The predicted octanol–water partition coefficient (Wildman–Crippen LogP) is 1.32. The van der Waals surface area contributed by atoms with Gasteiger partial charge in [0.25, 0.3) is 6.47 Å². The number of carbonyl (C=O) groups is 3. The Balaban J connectivity index is 0.00000135. The summed E-state index contributed by atoms with van der Waals surface area (Å²) in [5.41, 5.74) is 0.108. The van der Waals surface area contributed by atoms with Crippen LogP contribution in [0.5, 0.6) is 0 Å². The van der Waals surface area contributed by atoms with Crippen molar-refractivity contribution in [2.75, 3.05) is 20.1 Å². The summed E-state index contributed by atoms with van der Waals surface area (Å²) in [6.45, 7) is 3.55. The van der Waals surface area contributed by atoms with Gasteiger partial charge in [-0.1, -0.05) is 19.8 Å². The molecule has 0 saturated heterocycles. The summed E-state index contributed by atoms with van der Waals surface area (Å²) >= 11 is 0. The Bertz CT molecular complexity index is 354. The number of hydrogen-bond donors (Lipinski definition) is 3. The van der Waals surface area contributed by atoms with E-state index in [-0.39, 0.29) is 24.3 Å². The molecule has 0 aliphatic heterocycles. The standard InChI is InChI=1S/C14H26N2O3.CH2O2/c1-3-16(2)14(9-4-5-10-14)11-15-12(17)7-6-8-13(18)19;2-1-3/h3-11H2,1-2H3,(H,15,17)(H,18,19);1H,(H,2,3). The number of nitrogens with zero attached hydrogens (tertiary/aromatic N) is 1. The van der Waals surface area contributed by atoms with E-state index < -0.39 is 5.97 Å². The van der Waals surface area contributed by atoms with Crippen LogP contribution in [0, 0.1) is 0 Å². The average molecular weight is 316 g/mol. The number of rotatable bonds is 8. The minimum absolute atomic E-state index is 0.0305. The van der Waals surface area contributed by atoms with Crippen LogP contribution in [0.1, 0.15) is 51.9 Å². The summed E-state index contributed by atoms with van der Waals surface area (Å²) in [4.78, 5) is 32.8. The number of nitrogens with one attached hydrogen (secondary N) is 1. The van der Waals surface area contributed by atoms with Crippen molar-refractivity contribution in [3.05, 3.63) is 0 Å². The molecule has 0 heterocycles. The number of carbonyl (C=O) groups excluding carboxylic acids is 1. The Morgan fingerprint density at radius 2 is 1.82 bits per heavy atom. The third kappa shape index (κ3) is 7.40. The second kappa shape index (κ2) is 11.0. The maximum absolute atomic E-state index is 11.7. The first-order chi connectivity index (χ1) is 10.4. The van der Waals surface area contributed by atoms with Crippen molar-refractivity contribution in [3.63, 3.8) is 0 Å². The van der Waals surface area contributed by atoms with Gasteiger partial charge < -0.3 is 15.5 Å². The maximum atomic E-state index is 11.7. The van der Waals surface area contributed by atoms with Crippen LogP contribution >= 0.6 is 0 Å². The second-order valence-corrected chi connectivity index (χ2v) is 5.58. The van der Waals surface area contributed by atoms with E-state index in [0.29, 0.717) is 19.4 Å². The van der Waals surface area contributed by atoms with Crippen LogP contribution in [0.3, 0.4) is 0 Å². The fraction of sp³-hybridized carbons (Fsp3) is 0.800. The molecule has 0 aromatic carbocycles. The molecule has 7 nitrogen and oxygen atoms in total. The molecule has 0 atom stereocenters. The van der Waals surface area contributed by atoms with Crippen LogP contribution in [0.4, 0.5) is 0 Å². The summed E-state index contributed by atoms with van der Waals surface area (Å²) in [7, 11) is 2.11. The van der Waals surface area contributed by atoms with Gasteiger partial charge >= 0.3 is 5.97 Å². The molecule has 1 saturated carbocycles. The fourth-order valence-electron chi connectivity index (χ4n) is 2.81. The molecule has 0 aromatic rings. The highest BCUT2D eigenvalue weighted by Crippen LogP contribution is 2.33. The topological polar surface area (TPSA) is 107 Å². The van der Waals surface area contributed by atoms with Crippen molar-refractivity contribution >= 4 is 18.3 Å². The zero-order chi connectivity index (χ0) is 17.0. The van der Waals surface area contributed by atoms with Crippen molar-refractivity contribution < 1.29 is 24.6 Å². The summed E-state index contributed by atoms with van der Waals surface area (Å²) < 4.78 is 0. The van der Waals surface area contributed by atoms with Gasteiger partial charge in [-0.25, -0.2) is 0 Å². The normalized spacial score (nSPS) is 15.8. The lowest BCUT2D eigenvalue weighted by molar-refractivity contribution is -0.137. The number of hydrogen-bond acceptors (Lipinski definition) is 4. The molecule has 128 valence electrons. The predicted molar refractivity (Wildman–Crippen MR) is 82.7 cm³/mol. The molecule has 1 amide bonds. The Morgan fingerprint density at radius 1 is 1.27 bits per heavy atom. The zero-order valence-corrected chi connectivity index (χ0v) is 13.5. The summed E-state index contributed by atoms with van der Waals surface area (Å²) in [6, 6.07) is 0. The van der Waals surface area contributed by atoms with Crippen LogP contribution in [0.25, 0.3) is 0 Å². The van der Waals surface area contributed by atoms with Gasteiger partial charge in [0, 0.05) is 24.9 Å². The van der Waals surface area contributed by atoms with Gasteiger partial charge in [-0.3, -0.25) is 19.3 Å². The van der Waals surface area contributed by atoms with E-state index in [1.54, 1.807) is 0 Å². The smallest absolute Gasteiger partial charge is 0.303 e. The number of amides is 1.